The highest BCUT2D eigenvalue weighted by Crippen LogP contribution is 2.20. The van der Waals surface area contributed by atoms with E-state index < -0.39 is 10.2 Å². The van der Waals surface area contributed by atoms with Crippen LogP contribution in [0.3, 0.4) is 0 Å². The first-order chi connectivity index (χ1) is 11.6. The molecule has 1 aromatic rings. The van der Waals surface area contributed by atoms with E-state index in [9.17, 15) is 8.42 Å². The first-order valence-electron chi connectivity index (χ1n) is 8.75. The normalized spacial score (nSPS) is 22.9. The molecule has 2 fully saturated rings. The van der Waals surface area contributed by atoms with Gasteiger partial charge in [-0.15, -0.1) is 0 Å². The summed E-state index contributed by atoms with van der Waals surface area (Å²) < 4.78 is 28.8. The summed E-state index contributed by atoms with van der Waals surface area (Å²) in [7, 11) is -3.28. The summed E-state index contributed by atoms with van der Waals surface area (Å²) in [5.41, 5.74) is 2.42. The van der Waals surface area contributed by atoms with Crippen LogP contribution in [-0.4, -0.2) is 50.3 Å². The van der Waals surface area contributed by atoms with Crippen LogP contribution in [0.2, 0.25) is 0 Å². The Morgan fingerprint density at radius 3 is 2.79 bits per heavy atom. The van der Waals surface area contributed by atoms with Crippen LogP contribution in [0.1, 0.15) is 30.4 Å². The van der Waals surface area contributed by atoms with Crippen molar-refractivity contribution in [2.24, 2.45) is 5.92 Å². The fourth-order valence-corrected chi connectivity index (χ4v) is 4.91. The molecule has 1 N–H and O–H groups in total. The molecule has 1 aromatic carbocycles. The molecule has 3 rings (SSSR count). The summed E-state index contributed by atoms with van der Waals surface area (Å²) in [5.74, 6) is 0.393. The average molecular weight is 350 g/mol. The number of hydrogen-bond acceptors (Lipinski definition) is 3. The number of rotatable bonds is 7. The van der Waals surface area contributed by atoms with E-state index in [1.807, 2.05) is 6.08 Å². The lowest BCUT2D eigenvalue weighted by Gasteiger charge is -2.19. The molecule has 0 amide bonds. The minimum Gasteiger partial charge on any atom is -0.299 e. The molecule has 0 aliphatic carbocycles. The summed E-state index contributed by atoms with van der Waals surface area (Å²) in [6, 6.07) is 8.41. The SMILES string of the molecule is C=Cc1cccc(CN2CC[C@H](CNS(=O)(=O)N3CCCC3)C2)c1. The van der Waals surface area contributed by atoms with Gasteiger partial charge in [-0.25, -0.2) is 4.72 Å². The van der Waals surface area contributed by atoms with Gasteiger partial charge in [0.25, 0.3) is 10.2 Å². The Bertz CT molecular complexity index is 669. The Morgan fingerprint density at radius 2 is 2.04 bits per heavy atom. The molecule has 0 saturated carbocycles. The zero-order chi connectivity index (χ0) is 17.0. The molecule has 24 heavy (non-hydrogen) atoms. The Labute approximate surface area is 145 Å². The van der Waals surface area contributed by atoms with Gasteiger partial charge >= 0.3 is 0 Å². The van der Waals surface area contributed by atoms with Gasteiger partial charge in [0, 0.05) is 32.7 Å². The van der Waals surface area contributed by atoms with E-state index >= 15 is 0 Å². The summed E-state index contributed by atoms with van der Waals surface area (Å²) in [4.78, 5) is 2.40. The minimum absolute atomic E-state index is 0.393. The monoisotopic (exact) mass is 349 g/mol. The van der Waals surface area contributed by atoms with E-state index in [0.717, 1.165) is 44.5 Å². The Balaban J connectivity index is 1.47. The topological polar surface area (TPSA) is 52.7 Å². The molecule has 0 spiro atoms. The number of nitrogens with zero attached hydrogens (tertiary/aromatic N) is 2. The molecule has 2 saturated heterocycles. The predicted octanol–water partition coefficient (Wildman–Crippen LogP) is 2.08. The Kier molecular flexibility index (Phi) is 5.71. The molecular weight excluding hydrogens is 322 g/mol. The standard InChI is InChI=1S/C18H27N3O2S/c1-2-16-6-5-7-17(12-16)14-20-11-8-18(15-20)13-19-24(22,23)21-9-3-4-10-21/h2,5-7,12,18-19H,1,3-4,8-11,13-15H2/t18-/m1/s1. The number of benzene rings is 1. The lowest BCUT2D eigenvalue weighted by molar-refractivity contribution is 0.316. The molecule has 5 nitrogen and oxygen atoms in total. The zero-order valence-electron chi connectivity index (χ0n) is 14.2. The third kappa shape index (κ3) is 4.45. The highest BCUT2D eigenvalue weighted by atomic mass is 32.2. The van der Waals surface area contributed by atoms with Crippen molar-refractivity contribution in [3.8, 4) is 0 Å². The first-order valence-corrected chi connectivity index (χ1v) is 10.2. The van der Waals surface area contributed by atoms with Crippen molar-refractivity contribution in [1.82, 2.24) is 13.9 Å². The van der Waals surface area contributed by atoms with Gasteiger partial charge in [0.1, 0.15) is 0 Å². The number of nitrogens with one attached hydrogen (secondary N) is 1. The van der Waals surface area contributed by atoms with Crippen LogP contribution in [0.25, 0.3) is 6.08 Å². The van der Waals surface area contributed by atoms with Gasteiger partial charge in [-0.05, 0) is 42.9 Å². The molecular formula is C18H27N3O2S. The third-order valence-electron chi connectivity index (χ3n) is 4.92. The maximum Gasteiger partial charge on any atom is 0.279 e. The van der Waals surface area contributed by atoms with Crippen molar-refractivity contribution >= 4 is 16.3 Å². The molecule has 0 unspecified atom stereocenters. The zero-order valence-corrected chi connectivity index (χ0v) is 15.0. The molecule has 0 bridgehead atoms. The van der Waals surface area contributed by atoms with Gasteiger partial charge in [0.2, 0.25) is 0 Å². The second-order valence-corrected chi connectivity index (χ2v) is 8.55. The van der Waals surface area contributed by atoms with Gasteiger partial charge in [0.05, 0.1) is 0 Å². The second-order valence-electron chi connectivity index (χ2n) is 6.80. The molecule has 1 atom stereocenters. The average Bonchev–Trinajstić information content (AvgIpc) is 3.25. The van der Waals surface area contributed by atoms with Crippen LogP contribution in [0.15, 0.2) is 30.8 Å². The van der Waals surface area contributed by atoms with Crippen molar-refractivity contribution in [2.45, 2.75) is 25.8 Å². The first kappa shape index (κ1) is 17.6. The smallest absolute Gasteiger partial charge is 0.279 e. The van der Waals surface area contributed by atoms with E-state index in [1.165, 1.54) is 5.56 Å². The van der Waals surface area contributed by atoms with Crippen molar-refractivity contribution in [3.63, 3.8) is 0 Å². The molecule has 0 radical (unpaired) electrons. The molecule has 2 aliphatic heterocycles. The van der Waals surface area contributed by atoms with Crippen molar-refractivity contribution in [1.29, 1.82) is 0 Å². The quantitative estimate of drug-likeness (QED) is 0.820. The fraction of sp³-hybridized carbons (Fsp3) is 0.556. The van der Waals surface area contributed by atoms with E-state index in [0.29, 0.717) is 25.6 Å². The van der Waals surface area contributed by atoms with E-state index in [4.69, 9.17) is 0 Å². The van der Waals surface area contributed by atoms with Crippen LogP contribution < -0.4 is 4.72 Å². The lowest BCUT2D eigenvalue weighted by atomic mass is 10.1. The Hall–Kier alpha value is -1.21. The maximum atomic E-state index is 12.2. The third-order valence-corrected chi connectivity index (χ3v) is 6.50. The van der Waals surface area contributed by atoms with E-state index in [1.54, 1.807) is 4.31 Å². The Morgan fingerprint density at radius 1 is 1.25 bits per heavy atom. The van der Waals surface area contributed by atoms with E-state index in [2.05, 4.69) is 40.5 Å². The van der Waals surface area contributed by atoms with Crippen LogP contribution in [0.4, 0.5) is 0 Å². The van der Waals surface area contributed by atoms with Crippen molar-refractivity contribution in [3.05, 3.63) is 42.0 Å². The highest BCUT2D eigenvalue weighted by molar-refractivity contribution is 7.87. The van der Waals surface area contributed by atoms with E-state index in [-0.39, 0.29) is 0 Å². The predicted molar refractivity (Wildman–Crippen MR) is 97.6 cm³/mol. The minimum atomic E-state index is -3.28. The van der Waals surface area contributed by atoms with Crippen LogP contribution in [0.5, 0.6) is 0 Å². The van der Waals surface area contributed by atoms with Crippen LogP contribution in [0, 0.1) is 5.92 Å². The summed E-state index contributed by atoms with van der Waals surface area (Å²) in [5, 5.41) is 0. The summed E-state index contributed by atoms with van der Waals surface area (Å²) in [6.07, 6.45) is 4.86. The van der Waals surface area contributed by atoms with Gasteiger partial charge in [0.15, 0.2) is 0 Å². The number of hydrogen-bond donors (Lipinski definition) is 1. The highest BCUT2D eigenvalue weighted by Gasteiger charge is 2.28. The molecule has 2 heterocycles. The molecule has 0 aromatic heterocycles. The lowest BCUT2D eigenvalue weighted by Crippen LogP contribution is -2.41. The second kappa shape index (κ2) is 7.78. The van der Waals surface area contributed by atoms with Crippen molar-refractivity contribution in [2.75, 3.05) is 32.7 Å². The van der Waals surface area contributed by atoms with Gasteiger partial charge < -0.3 is 0 Å². The number of likely N-dealkylation sites (tertiary alicyclic amines) is 1. The maximum absolute atomic E-state index is 12.2. The summed E-state index contributed by atoms with van der Waals surface area (Å²) >= 11 is 0. The molecule has 132 valence electrons. The van der Waals surface area contributed by atoms with Gasteiger partial charge in [-0.3, -0.25) is 4.90 Å². The van der Waals surface area contributed by atoms with Crippen LogP contribution >= 0.6 is 0 Å². The van der Waals surface area contributed by atoms with Crippen molar-refractivity contribution < 1.29 is 8.42 Å². The largest absolute Gasteiger partial charge is 0.299 e. The summed E-state index contributed by atoms with van der Waals surface area (Å²) in [6.45, 7) is 8.56. The molecule has 6 heteroatoms. The van der Waals surface area contributed by atoms with Crippen LogP contribution in [-0.2, 0) is 16.8 Å². The fourth-order valence-electron chi connectivity index (χ4n) is 3.54. The van der Waals surface area contributed by atoms with Gasteiger partial charge in [-0.2, -0.15) is 12.7 Å². The molecule has 2 aliphatic rings. The van der Waals surface area contributed by atoms with Gasteiger partial charge in [-0.1, -0.05) is 36.9 Å².